The highest BCUT2D eigenvalue weighted by molar-refractivity contribution is 4.92. The summed E-state index contributed by atoms with van der Waals surface area (Å²) in [5, 5.41) is 3.69. The van der Waals surface area contributed by atoms with Crippen molar-refractivity contribution in [2.45, 2.75) is 90.8 Å². The minimum absolute atomic E-state index is 0.739. The molecule has 0 spiro atoms. The van der Waals surface area contributed by atoms with Gasteiger partial charge in [0.2, 0.25) is 0 Å². The zero-order valence-corrected chi connectivity index (χ0v) is 14.2. The van der Waals surface area contributed by atoms with Gasteiger partial charge in [0.05, 0.1) is 0 Å². The maximum Gasteiger partial charge on any atom is 0.0120 e. The minimum atomic E-state index is 0.739. The average Bonchev–Trinajstić information content (AvgIpc) is 2.46. The molecule has 2 rings (SSSR count). The number of hydrogen-bond donors (Lipinski definition) is 1. The molecule has 3 unspecified atom stereocenters. The van der Waals surface area contributed by atoms with Gasteiger partial charge >= 0.3 is 0 Å². The van der Waals surface area contributed by atoms with Gasteiger partial charge in [0, 0.05) is 24.7 Å². The van der Waals surface area contributed by atoms with E-state index < -0.39 is 0 Å². The fourth-order valence-electron chi connectivity index (χ4n) is 4.63. The largest absolute Gasteiger partial charge is 0.314 e. The Morgan fingerprint density at radius 2 is 1.70 bits per heavy atom. The number of nitrogens with zero attached hydrogens (tertiary/aromatic N) is 1. The molecule has 1 aliphatic heterocycles. The van der Waals surface area contributed by atoms with Crippen molar-refractivity contribution in [3.05, 3.63) is 0 Å². The number of piperidine rings is 1. The molecule has 0 bridgehead atoms. The molecule has 2 nitrogen and oxygen atoms in total. The average molecular weight is 281 g/mol. The van der Waals surface area contributed by atoms with Crippen LogP contribution in [-0.4, -0.2) is 36.1 Å². The molecule has 0 aromatic rings. The second-order valence-electron chi connectivity index (χ2n) is 7.25. The van der Waals surface area contributed by atoms with E-state index in [0.29, 0.717) is 0 Å². The highest BCUT2D eigenvalue weighted by Crippen LogP contribution is 2.34. The Bertz CT molecular complexity index is 271. The van der Waals surface area contributed by atoms with Crippen molar-refractivity contribution in [2.24, 2.45) is 11.8 Å². The number of hydrogen-bond acceptors (Lipinski definition) is 2. The molecule has 1 aliphatic carbocycles. The van der Waals surface area contributed by atoms with E-state index in [9.17, 15) is 0 Å². The molecule has 1 N–H and O–H groups in total. The minimum Gasteiger partial charge on any atom is -0.314 e. The summed E-state index contributed by atoms with van der Waals surface area (Å²) in [7, 11) is 0. The summed E-state index contributed by atoms with van der Waals surface area (Å²) in [6.07, 6.45) is 10.0. The van der Waals surface area contributed by atoms with Crippen molar-refractivity contribution >= 4 is 0 Å². The number of nitrogens with one attached hydrogen (secondary N) is 1. The highest BCUT2D eigenvalue weighted by Gasteiger charge is 2.36. The first-order valence-electron chi connectivity index (χ1n) is 9.16. The van der Waals surface area contributed by atoms with Gasteiger partial charge in [0.25, 0.3) is 0 Å². The topological polar surface area (TPSA) is 15.3 Å². The summed E-state index contributed by atoms with van der Waals surface area (Å²) >= 11 is 0. The second kappa shape index (κ2) is 7.79. The summed E-state index contributed by atoms with van der Waals surface area (Å²) in [5.74, 6) is 1.82. The van der Waals surface area contributed by atoms with Crippen molar-refractivity contribution in [2.75, 3.05) is 13.1 Å². The molecular weight excluding hydrogens is 244 g/mol. The van der Waals surface area contributed by atoms with Crippen molar-refractivity contribution < 1.29 is 0 Å². The standard InChI is InChI=1S/C18H36N2/c1-5-7-16-8-10-17(11-9-16)20-13-12-18(19-6-2)14(3)15(20)4/h14-19H,5-13H2,1-4H3. The monoisotopic (exact) mass is 280 g/mol. The second-order valence-corrected chi connectivity index (χ2v) is 7.25. The molecule has 118 valence electrons. The molecule has 1 heterocycles. The van der Waals surface area contributed by atoms with Crippen molar-refractivity contribution in [3.8, 4) is 0 Å². The van der Waals surface area contributed by atoms with E-state index in [1.54, 1.807) is 0 Å². The van der Waals surface area contributed by atoms with E-state index in [1.807, 2.05) is 0 Å². The van der Waals surface area contributed by atoms with Gasteiger partial charge in [-0.3, -0.25) is 4.90 Å². The zero-order chi connectivity index (χ0) is 14.5. The van der Waals surface area contributed by atoms with Crippen LogP contribution in [0.15, 0.2) is 0 Å². The first-order valence-corrected chi connectivity index (χ1v) is 9.16. The van der Waals surface area contributed by atoms with Crippen LogP contribution in [0.4, 0.5) is 0 Å². The van der Waals surface area contributed by atoms with Gasteiger partial charge in [0.1, 0.15) is 0 Å². The molecule has 0 aromatic carbocycles. The van der Waals surface area contributed by atoms with Crippen molar-refractivity contribution in [3.63, 3.8) is 0 Å². The van der Waals surface area contributed by atoms with Gasteiger partial charge in [-0.25, -0.2) is 0 Å². The fourth-order valence-corrected chi connectivity index (χ4v) is 4.63. The maximum atomic E-state index is 3.69. The van der Waals surface area contributed by atoms with Crippen molar-refractivity contribution in [1.29, 1.82) is 0 Å². The zero-order valence-electron chi connectivity index (χ0n) is 14.2. The number of rotatable bonds is 5. The molecule has 2 fully saturated rings. The Labute approximate surface area is 126 Å². The van der Waals surface area contributed by atoms with E-state index in [2.05, 4.69) is 37.9 Å². The van der Waals surface area contributed by atoms with Crippen LogP contribution in [0.2, 0.25) is 0 Å². The third-order valence-corrected chi connectivity index (χ3v) is 6.07. The molecule has 0 aromatic heterocycles. The normalized spacial score (nSPS) is 39.9. The molecule has 0 amide bonds. The summed E-state index contributed by atoms with van der Waals surface area (Å²) < 4.78 is 0. The van der Waals surface area contributed by atoms with E-state index in [0.717, 1.165) is 36.5 Å². The Morgan fingerprint density at radius 1 is 1.00 bits per heavy atom. The lowest BCUT2D eigenvalue weighted by atomic mass is 9.79. The lowest BCUT2D eigenvalue weighted by Crippen LogP contribution is -2.56. The summed E-state index contributed by atoms with van der Waals surface area (Å²) in [6, 6.07) is 2.37. The van der Waals surface area contributed by atoms with E-state index in [1.165, 1.54) is 51.5 Å². The van der Waals surface area contributed by atoms with Crippen LogP contribution in [0.1, 0.15) is 72.6 Å². The quantitative estimate of drug-likeness (QED) is 0.817. The maximum absolute atomic E-state index is 3.69. The molecule has 0 radical (unpaired) electrons. The smallest absolute Gasteiger partial charge is 0.0120 e. The van der Waals surface area contributed by atoms with Gasteiger partial charge < -0.3 is 5.32 Å². The van der Waals surface area contributed by atoms with Crippen LogP contribution < -0.4 is 5.32 Å². The molecule has 2 aliphatic rings. The third-order valence-electron chi connectivity index (χ3n) is 6.07. The first-order chi connectivity index (χ1) is 9.67. The van der Waals surface area contributed by atoms with Gasteiger partial charge in [-0.05, 0) is 57.4 Å². The van der Waals surface area contributed by atoms with Crippen molar-refractivity contribution in [1.82, 2.24) is 10.2 Å². The van der Waals surface area contributed by atoms with E-state index >= 15 is 0 Å². The Kier molecular flexibility index (Phi) is 6.35. The third kappa shape index (κ3) is 3.76. The van der Waals surface area contributed by atoms with Crippen LogP contribution in [0.25, 0.3) is 0 Å². The van der Waals surface area contributed by atoms with E-state index in [-0.39, 0.29) is 0 Å². The lowest BCUT2D eigenvalue weighted by Gasteiger charge is -2.48. The van der Waals surface area contributed by atoms with Gasteiger partial charge in [-0.1, -0.05) is 33.6 Å². The predicted molar refractivity (Wildman–Crippen MR) is 88.1 cm³/mol. The molecule has 20 heavy (non-hydrogen) atoms. The Hall–Kier alpha value is -0.0800. The highest BCUT2D eigenvalue weighted by atomic mass is 15.2. The van der Waals surface area contributed by atoms with Crippen LogP contribution in [0.3, 0.4) is 0 Å². The van der Waals surface area contributed by atoms with Gasteiger partial charge in [-0.2, -0.15) is 0 Å². The van der Waals surface area contributed by atoms with Crippen LogP contribution in [0, 0.1) is 11.8 Å². The molecule has 1 saturated heterocycles. The van der Waals surface area contributed by atoms with Crippen LogP contribution >= 0.6 is 0 Å². The summed E-state index contributed by atoms with van der Waals surface area (Å²) in [6.45, 7) is 11.9. The van der Waals surface area contributed by atoms with Crippen LogP contribution in [-0.2, 0) is 0 Å². The van der Waals surface area contributed by atoms with E-state index in [4.69, 9.17) is 0 Å². The molecule has 3 atom stereocenters. The molecular formula is C18H36N2. The lowest BCUT2D eigenvalue weighted by molar-refractivity contribution is 0.0255. The first kappa shape index (κ1) is 16.3. The van der Waals surface area contributed by atoms with Gasteiger partial charge in [0.15, 0.2) is 0 Å². The fraction of sp³-hybridized carbons (Fsp3) is 1.00. The summed E-state index contributed by atoms with van der Waals surface area (Å²) in [5.41, 5.74) is 0. The Balaban J connectivity index is 1.85. The summed E-state index contributed by atoms with van der Waals surface area (Å²) in [4.78, 5) is 2.85. The molecule has 2 heteroatoms. The Morgan fingerprint density at radius 3 is 2.30 bits per heavy atom. The predicted octanol–water partition coefficient (Wildman–Crippen LogP) is 4.05. The SMILES string of the molecule is CCCC1CCC(N2CCC(NCC)C(C)C2C)CC1. The van der Waals surface area contributed by atoms with Crippen LogP contribution in [0.5, 0.6) is 0 Å². The van der Waals surface area contributed by atoms with Gasteiger partial charge in [-0.15, -0.1) is 0 Å². The number of likely N-dealkylation sites (tertiary alicyclic amines) is 1. The molecule has 1 saturated carbocycles.